The van der Waals surface area contributed by atoms with Crippen LogP contribution in [-0.2, 0) is 19.1 Å². The number of esters is 2. The topological polar surface area (TPSA) is 93.1 Å². The number of hydrogen-bond donors (Lipinski definition) is 2. The number of rotatable bonds is 12. The SMILES string of the molecule is O=C(CCCCO)OCCCOC(=O)CCCCO. The van der Waals surface area contributed by atoms with E-state index in [0.29, 0.717) is 44.9 Å². The predicted molar refractivity (Wildman–Crippen MR) is 68.4 cm³/mol. The van der Waals surface area contributed by atoms with E-state index in [1.165, 1.54) is 0 Å². The van der Waals surface area contributed by atoms with Gasteiger partial charge in [0.05, 0.1) is 13.2 Å². The van der Waals surface area contributed by atoms with Crippen molar-refractivity contribution < 1.29 is 29.3 Å². The van der Waals surface area contributed by atoms with Gasteiger partial charge in [0.25, 0.3) is 0 Å². The number of ether oxygens (including phenoxy) is 2. The van der Waals surface area contributed by atoms with Crippen molar-refractivity contribution in [1.29, 1.82) is 0 Å². The van der Waals surface area contributed by atoms with Crippen molar-refractivity contribution in [3.8, 4) is 0 Å². The maximum atomic E-state index is 11.2. The Balaban J connectivity index is 3.29. The molecule has 6 heteroatoms. The van der Waals surface area contributed by atoms with E-state index in [9.17, 15) is 9.59 Å². The monoisotopic (exact) mass is 276 g/mol. The summed E-state index contributed by atoms with van der Waals surface area (Å²) < 4.78 is 9.85. The van der Waals surface area contributed by atoms with Crippen molar-refractivity contribution in [2.45, 2.75) is 44.9 Å². The Labute approximate surface area is 113 Å². The van der Waals surface area contributed by atoms with Crippen LogP contribution in [0.4, 0.5) is 0 Å². The number of carbonyl (C=O) groups is 2. The molecular weight excluding hydrogens is 252 g/mol. The molecule has 0 fully saturated rings. The van der Waals surface area contributed by atoms with E-state index in [1.807, 2.05) is 0 Å². The maximum absolute atomic E-state index is 11.2. The Kier molecular flexibility index (Phi) is 12.5. The van der Waals surface area contributed by atoms with Crippen LogP contribution in [0.25, 0.3) is 0 Å². The third-order valence-corrected chi connectivity index (χ3v) is 2.39. The van der Waals surface area contributed by atoms with Crippen LogP contribution in [0.5, 0.6) is 0 Å². The molecule has 0 aliphatic carbocycles. The predicted octanol–water partition coefficient (Wildman–Crippen LogP) is 0.788. The van der Waals surface area contributed by atoms with Crippen molar-refractivity contribution >= 4 is 11.9 Å². The van der Waals surface area contributed by atoms with Crippen molar-refractivity contribution in [1.82, 2.24) is 0 Å². The second-order valence-electron chi connectivity index (χ2n) is 4.16. The van der Waals surface area contributed by atoms with Crippen LogP contribution >= 0.6 is 0 Å². The van der Waals surface area contributed by atoms with Crippen molar-refractivity contribution in [2.24, 2.45) is 0 Å². The molecule has 0 aromatic rings. The molecule has 0 heterocycles. The number of hydrogen-bond acceptors (Lipinski definition) is 6. The van der Waals surface area contributed by atoms with E-state index in [1.54, 1.807) is 0 Å². The Morgan fingerprint density at radius 2 is 1.11 bits per heavy atom. The number of aliphatic hydroxyl groups excluding tert-OH is 2. The summed E-state index contributed by atoms with van der Waals surface area (Å²) in [5.74, 6) is -0.578. The van der Waals surface area contributed by atoms with Crippen LogP contribution in [0.15, 0.2) is 0 Å². The van der Waals surface area contributed by atoms with Crippen molar-refractivity contribution in [2.75, 3.05) is 26.4 Å². The molecule has 0 atom stereocenters. The zero-order chi connectivity index (χ0) is 14.3. The number of aliphatic hydroxyl groups is 2. The lowest BCUT2D eigenvalue weighted by molar-refractivity contribution is -0.146. The molecule has 0 saturated carbocycles. The van der Waals surface area contributed by atoms with Gasteiger partial charge in [-0.3, -0.25) is 9.59 Å². The molecule has 0 radical (unpaired) electrons. The molecule has 0 aromatic heterocycles. The molecule has 0 aliphatic rings. The van der Waals surface area contributed by atoms with Crippen LogP contribution in [0.3, 0.4) is 0 Å². The van der Waals surface area contributed by atoms with Gasteiger partial charge in [0.2, 0.25) is 0 Å². The van der Waals surface area contributed by atoms with Gasteiger partial charge in [-0.15, -0.1) is 0 Å². The fraction of sp³-hybridized carbons (Fsp3) is 0.846. The summed E-state index contributed by atoms with van der Waals surface area (Å²) in [5, 5.41) is 17.1. The molecule has 0 amide bonds. The molecule has 0 aliphatic heterocycles. The molecule has 0 saturated heterocycles. The standard InChI is InChI=1S/C13H24O6/c14-8-3-1-6-12(16)18-10-5-11-19-13(17)7-2-4-9-15/h14-15H,1-11H2. The van der Waals surface area contributed by atoms with Gasteiger partial charge in [-0.2, -0.15) is 0 Å². The Morgan fingerprint density at radius 1 is 0.684 bits per heavy atom. The lowest BCUT2D eigenvalue weighted by Crippen LogP contribution is -2.10. The number of carbonyl (C=O) groups excluding carboxylic acids is 2. The second kappa shape index (κ2) is 13.3. The quantitative estimate of drug-likeness (QED) is 0.404. The van der Waals surface area contributed by atoms with Gasteiger partial charge in [0, 0.05) is 32.5 Å². The first kappa shape index (κ1) is 17.9. The molecule has 0 aromatic carbocycles. The highest BCUT2D eigenvalue weighted by atomic mass is 16.5. The molecule has 112 valence electrons. The third-order valence-electron chi connectivity index (χ3n) is 2.39. The van der Waals surface area contributed by atoms with E-state index >= 15 is 0 Å². The largest absolute Gasteiger partial charge is 0.466 e. The van der Waals surface area contributed by atoms with E-state index in [2.05, 4.69) is 0 Å². The fourth-order valence-corrected chi connectivity index (χ4v) is 1.34. The Hall–Kier alpha value is -1.14. The summed E-state index contributed by atoms with van der Waals surface area (Å²) in [4.78, 5) is 22.3. The van der Waals surface area contributed by atoms with Crippen LogP contribution in [0.2, 0.25) is 0 Å². The molecule has 0 bridgehead atoms. The molecule has 0 spiro atoms. The van der Waals surface area contributed by atoms with Crippen molar-refractivity contribution in [3.05, 3.63) is 0 Å². The molecular formula is C13H24O6. The zero-order valence-corrected chi connectivity index (χ0v) is 11.3. The first-order valence-electron chi connectivity index (χ1n) is 6.73. The minimum absolute atomic E-state index is 0.0829. The summed E-state index contributed by atoms with van der Waals surface area (Å²) >= 11 is 0. The zero-order valence-electron chi connectivity index (χ0n) is 11.3. The van der Waals surface area contributed by atoms with Crippen LogP contribution in [0.1, 0.15) is 44.9 Å². The minimum atomic E-state index is -0.289. The van der Waals surface area contributed by atoms with Gasteiger partial charge < -0.3 is 19.7 Å². The molecule has 2 N–H and O–H groups in total. The van der Waals surface area contributed by atoms with Crippen LogP contribution in [0, 0.1) is 0 Å². The first-order chi connectivity index (χ1) is 9.20. The van der Waals surface area contributed by atoms with Gasteiger partial charge in [-0.25, -0.2) is 0 Å². The van der Waals surface area contributed by atoms with E-state index in [0.717, 1.165) is 0 Å². The van der Waals surface area contributed by atoms with Gasteiger partial charge in [-0.1, -0.05) is 0 Å². The fourth-order valence-electron chi connectivity index (χ4n) is 1.34. The maximum Gasteiger partial charge on any atom is 0.305 e. The van der Waals surface area contributed by atoms with Crippen LogP contribution in [-0.4, -0.2) is 48.6 Å². The average Bonchev–Trinajstić information content (AvgIpc) is 2.39. The average molecular weight is 276 g/mol. The van der Waals surface area contributed by atoms with Gasteiger partial charge in [0.1, 0.15) is 0 Å². The summed E-state index contributed by atoms with van der Waals surface area (Å²) in [6, 6.07) is 0. The highest BCUT2D eigenvalue weighted by Gasteiger charge is 2.04. The summed E-state index contributed by atoms with van der Waals surface area (Å²) in [6.45, 7) is 0.642. The lowest BCUT2D eigenvalue weighted by Gasteiger charge is -2.06. The van der Waals surface area contributed by atoms with Gasteiger partial charge in [0.15, 0.2) is 0 Å². The molecule has 0 unspecified atom stereocenters. The Bertz CT molecular complexity index is 217. The van der Waals surface area contributed by atoms with E-state index in [4.69, 9.17) is 19.7 Å². The molecule has 6 nitrogen and oxygen atoms in total. The van der Waals surface area contributed by atoms with Gasteiger partial charge in [-0.05, 0) is 25.7 Å². The van der Waals surface area contributed by atoms with Crippen LogP contribution < -0.4 is 0 Å². The minimum Gasteiger partial charge on any atom is -0.466 e. The molecule has 0 rings (SSSR count). The Morgan fingerprint density at radius 3 is 1.47 bits per heavy atom. The first-order valence-corrected chi connectivity index (χ1v) is 6.73. The normalized spacial score (nSPS) is 10.2. The summed E-state index contributed by atoms with van der Waals surface area (Å²) in [6.07, 6.45) is 3.53. The second-order valence-corrected chi connectivity index (χ2v) is 4.16. The van der Waals surface area contributed by atoms with E-state index in [-0.39, 0.29) is 38.4 Å². The highest BCUT2D eigenvalue weighted by Crippen LogP contribution is 1.99. The summed E-state index contributed by atoms with van der Waals surface area (Å²) in [5.41, 5.74) is 0. The third kappa shape index (κ3) is 13.1. The number of unbranched alkanes of at least 4 members (excludes halogenated alkanes) is 2. The lowest BCUT2D eigenvalue weighted by atomic mass is 10.2. The van der Waals surface area contributed by atoms with Crippen molar-refractivity contribution in [3.63, 3.8) is 0 Å². The smallest absolute Gasteiger partial charge is 0.305 e. The van der Waals surface area contributed by atoms with Gasteiger partial charge >= 0.3 is 11.9 Å². The van der Waals surface area contributed by atoms with E-state index < -0.39 is 0 Å². The highest BCUT2D eigenvalue weighted by molar-refractivity contribution is 5.69. The summed E-state index contributed by atoms with van der Waals surface area (Å²) in [7, 11) is 0. The molecule has 19 heavy (non-hydrogen) atoms.